The molecule has 0 radical (unpaired) electrons. The molecule has 0 bridgehead atoms. The van der Waals surface area contributed by atoms with E-state index in [0.717, 1.165) is 25.3 Å². The van der Waals surface area contributed by atoms with E-state index >= 15 is 0 Å². The van der Waals surface area contributed by atoms with Crippen LogP contribution in [-0.4, -0.2) is 6.04 Å². The van der Waals surface area contributed by atoms with Crippen LogP contribution in [0.4, 0.5) is 18.9 Å². The van der Waals surface area contributed by atoms with Crippen LogP contribution in [0.5, 0.6) is 0 Å². The number of alkyl halides is 3. The number of hydrogen-bond acceptors (Lipinski definition) is 1. The van der Waals surface area contributed by atoms with Crippen molar-refractivity contribution in [3.63, 3.8) is 0 Å². The third-order valence-corrected chi connectivity index (χ3v) is 4.80. The molecule has 1 aromatic rings. The summed E-state index contributed by atoms with van der Waals surface area (Å²) in [4.78, 5) is 0. The van der Waals surface area contributed by atoms with E-state index in [1.807, 2.05) is 0 Å². The first-order valence-electron chi connectivity index (χ1n) is 7.42. The van der Waals surface area contributed by atoms with Gasteiger partial charge < -0.3 is 5.32 Å². The second-order valence-electron chi connectivity index (χ2n) is 6.13. The third-order valence-electron chi connectivity index (χ3n) is 4.30. The van der Waals surface area contributed by atoms with E-state index in [1.165, 1.54) is 12.5 Å². The van der Waals surface area contributed by atoms with Gasteiger partial charge in [0.15, 0.2) is 0 Å². The summed E-state index contributed by atoms with van der Waals surface area (Å²) in [5.74, 6) is 0.913. The molecule has 0 heterocycles. The van der Waals surface area contributed by atoms with Crippen molar-refractivity contribution in [2.45, 2.75) is 51.7 Å². The average Bonchev–Trinajstić information content (AvgIpc) is 2.40. The molecule has 1 aliphatic rings. The number of nitrogens with one attached hydrogen (secondary N) is 1. The Balaban J connectivity index is 2.26. The van der Waals surface area contributed by atoms with Crippen LogP contribution in [0.3, 0.4) is 0 Å². The zero-order chi connectivity index (χ0) is 15.6. The topological polar surface area (TPSA) is 12.0 Å². The molecule has 1 fully saturated rings. The van der Waals surface area contributed by atoms with Crippen LogP contribution < -0.4 is 5.32 Å². The van der Waals surface area contributed by atoms with Gasteiger partial charge in [-0.3, -0.25) is 0 Å². The van der Waals surface area contributed by atoms with Crippen molar-refractivity contribution in [2.75, 3.05) is 5.32 Å². The molecule has 0 aliphatic heterocycles. The molecule has 1 aliphatic carbocycles. The predicted octanol–water partition coefficient (Wildman–Crippen LogP) is 6.09. The summed E-state index contributed by atoms with van der Waals surface area (Å²) < 4.78 is 40.0. The molecule has 2 rings (SSSR count). The standard InChI is InChI=1S/C16H21BrF3N/c1-10(2)12-5-3-4-6-14(12)21-15-8-7-11(17)9-13(15)16(18,19)20/h7-10,12,14,21H,3-6H2,1-2H3. The van der Waals surface area contributed by atoms with Crippen molar-refractivity contribution in [3.8, 4) is 0 Å². The molecule has 1 N–H and O–H groups in total. The lowest BCUT2D eigenvalue weighted by molar-refractivity contribution is -0.137. The molecule has 1 nitrogen and oxygen atoms in total. The van der Waals surface area contributed by atoms with E-state index in [2.05, 4.69) is 35.1 Å². The zero-order valence-electron chi connectivity index (χ0n) is 12.3. The Bertz CT molecular complexity index is 485. The normalized spacial score (nSPS) is 23.4. The summed E-state index contributed by atoms with van der Waals surface area (Å²) in [6.07, 6.45) is -0.0518. The van der Waals surface area contributed by atoms with E-state index in [4.69, 9.17) is 0 Å². The first-order chi connectivity index (χ1) is 9.79. The van der Waals surface area contributed by atoms with E-state index < -0.39 is 11.7 Å². The maximum Gasteiger partial charge on any atom is 0.418 e. The van der Waals surface area contributed by atoms with Crippen LogP contribution in [0.2, 0.25) is 0 Å². The SMILES string of the molecule is CC(C)C1CCCCC1Nc1ccc(Br)cc1C(F)(F)F. The summed E-state index contributed by atoms with van der Waals surface area (Å²) in [6.45, 7) is 4.30. The molecular formula is C16H21BrF3N. The molecule has 2 atom stereocenters. The Morgan fingerprint density at radius 3 is 2.48 bits per heavy atom. The molecule has 21 heavy (non-hydrogen) atoms. The van der Waals surface area contributed by atoms with Crippen LogP contribution in [0.15, 0.2) is 22.7 Å². The van der Waals surface area contributed by atoms with Crippen LogP contribution >= 0.6 is 15.9 Å². The summed E-state index contributed by atoms with van der Waals surface area (Å²) in [5.41, 5.74) is -0.395. The maximum absolute atomic E-state index is 13.2. The molecular weight excluding hydrogens is 343 g/mol. The van der Waals surface area contributed by atoms with Gasteiger partial charge in [0.1, 0.15) is 0 Å². The first kappa shape index (κ1) is 16.7. The van der Waals surface area contributed by atoms with Gasteiger partial charge in [0.05, 0.1) is 5.56 Å². The van der Waals surface area contributed by atoms with Gasteiger partial charge in [0.2, 0.25) is 0 Å². The molecule has 0 saturated heterocycles. The maximum atomic E-state index is 13.2. The average molecular weight is 364 g/mol. The lowest BCUT2D eigenvalue weighted by atomic mass is 9.77. The lowest BCUT2D eigenvalue weighted by Gasteiger charge is -2.36. The monoisotopic (exact) mass is 363 g/mol. The van der Waals surface area contributed by atoms with Crippen molar-refractivity contribution in [1.82, 2.24) is 0 Å². The van der Waals surface area contributed by atoms with Crippen LogP contribution in [0.25, 0.3) is 0 Å². The van der Waals surface area contributed by atoms with Crippen LogP contribution in [0, 0.1) is 11.8 Å². The van der Waals surface area contributed by atoms with Crippen molar-refractivity contribution in [3.05, 3.63) is 28.2 Å². The molecule has 118 valence electrons. The molecule has 1 aromatic carbocycles. The minimum atomic E-state index is -4.34. The van der Waals surface area contributed by atoms with Crippen molar-refractivity contribution >= 4 is 21.6 Å². The van der Waals surface area contributed by atoms with E-state index in [1.54, 1.807) is 6.07 Å². The minimum Gasteiger partial charge on any atom is -0.382 e. The fraction of sp³-hybridized carbons (Fsp3) is 0.625. The second-order valence-corrected chi connectivity index (χ2v) is 7.05. The van der Waals surface area contributed by atoms with Crippen molar-refractivity contribution < 1.29 is 13.2 Å². The minimum absolute atomic E-state index is 0.126. The quantitative estimate of drug-likeness (QED) is 0.684. The smallest absolute Gasteiger partial charge is 0.382 e. The Morgan fingerprint density at radius 2 is 1.86 bits per heavy atom. The summed E-state index contributed by atoms with van der Waals surface area (Å²) in [7, 11) is 0. The fourth-order valence-corrected chi connectivity index (χ4v) is 3.57. The van der Waals surface area contributed by atoms with Gasteiger partial charge in [-0.15, -0.1) is 0 Å². The van der Waals surface area contributed by atoms with Gasteiger partial charge in [-0.2, -0.15) is 13.2 Å². The lowest BCUT2D eigenvalue weighted by Crippen LogP contribution is -2.35. The molecule has 0 amide bonds. The Kier molecular flexibility index (Phi) is 5.23. The molecule has 0 aromatic heterocycles. The van der Waals surface area contributed by atoms with E-state index in [0.29, 0.717) is 16.3 Å². The number of benzene rings is 1. The van der Waals surface area contributed by atoms with Gasteiger partial charge in [-0.25, -0.2) is 0 Å². The Labute approximate surface area is 132 Å². The first-order valence-corrected chi connectivity index (χ1v) is 8.21. The third kappa shape index (κ3) is 4.15. The largest absolute Gasteiger partial charge is 0.418 e. The molecule has 5 heteroatoms. The summed E-state index contributed by atoms with van der Waals surface area (Å²) in [6, 6.07) is 4.46. The van der Waals surface area contributed by atoms with Crippen molar-refractivity contribution in [2.24, 2.45) is 11.8 Å². The van der Waals surface area contributed by atoms with Gasteiger partial charge in [-0.1, -0.05) is 42.6 Å². The van der Waals surface area contributed by atoms with Crippen LogP contribution in [-0.2, 0) is 6.18 Å². The number of anilines is 1. The predicted molar refractivity (Wildman–Crippen MR) is 83.4 cm³/mol. The van der Waals surface area contributed by atoms with E-state index in [9.17, 15) is 13.2 Å². The molecule has 1 saturated carbocycles. The van der Waals surface area contributed by atoms with E-state index in [-0.39, 0.29) is 11.7 Å². The van der Waals surface area contributed by atoms with Gasteiger partial charge in [0.25, 0.3) is 0 Å². The summed E-state index contributed by atoms with van der Waals surface area (Å²) in [5, 5.41) is 3.17. The Morgan fingerprint density at radius 1 is 1.19 bits per heavy atom. The summed E-state index contributed by atoms with van der Waals surface area (Å²) >= 11 is 3.12. The number of halogens is 4. The number of hydrogen-bond donors (Lipinski definition) is 1. The molecule has 2 unspecified atom stereocenters. The highest BCUT2D eigenvalue weighted by molar-refractivity contribution is 9.10. The van der Waals surface area contributed by atoms with Crippen molar-refractivity contribution in [1.29, 1.82) is 0 Å². The second kappa shape index (κ2) is 6.59. The number of rotatable bonds is 3. The Hall–Kier alpha value is -0.710. The highest BCUT2D eigenvalue weighted by Crippen LogP contribution is 2.39. The fourth-order valence-electron chi connectivity index (χ4n) is 3.21. The van der Waals surface area contributed by atoms with Gasteiger partial charge in [0, 0.05) is 16.2 Å². The van der Waals surface area contributed by atoms with Gasteiger partial charge >= 0.3 is 6.18 Å². The van der Waals surface area contributed by atoms with Crippen LogP contribution in [0.1, 0.15) is 45.1 Å². The molecule has 0 spiro atoms. The highest BCUT2D eigenvalue weighted by atomic mass is 79.9. The zero-order valence-corrected chi connectivity index (χ0v) is 13.9. The van der Waals surface area contributed by atoms with Gasteiger partial charge in [-0.05, 0) is 42.9 Å². The highest BCUT2D eigenvalue weighted by Gasteiger charge is 2.35.